The molecule has 0 atom stereocenters. The van der Waals surface area contributed by atoms with Crippen molar-refractivity contribution in [3.8, 4) is 0 Å². The van der Waals surface area contributed by atoms with Crippen molar-refractivity contribution in [3.63, 3.8) is 0 Å². The van der Waals surface area contributed by atoms with Gasteiger partial charge in [0.25, 0.3) is 5.91 Å². The van der Waals surface area contributed by atoms with Gasteiger partial charge in [0.1, 0.15) is 0 Å². The Balaban J connectivity index is 2.02. The Kier molecular flexibility index (Phi) is 3.15. The number of thiophene rings is 1. The van der Waals surface area contributed by atoms with E-state index in [1.165, 1.54) is 17.5 Å². The molecule has 88 valence electrons. The third-order valence-corrected chi connectivity index (χ3v) is 2.67. The van der Waals surface area contributed by atoms with Crippen molar-refractivity contribution in [2.24, 2.45) is 0 Å². The van der Waals surface area contributed by atoms with Crippen molar-refractivity contribution in [2.45, 2.75) is 6.54 Å². The van der Waals surface area contributed by atoms with Crippen LogP contribution in [0.2, 0.25) is 0 Å². The van der Waals surface area contributed by atoms with Crippen molar-refractivity contribution in [1.82, 2.24) is 15.0 Å². The highest BCUT2D eigenvalue weighted by molar-refractivity contribution is 7.12. The first-order valence-corrected chi connectivity index (χ1v) is 5.50. The zero-order chi connectivity index (χ0) is 12.3. The van der Waals surface area contributed by atoms with Gasteiger partial charge in [-0.3, -0.25) is 9.59 Å². The van der Waals surface area contributed by atoms with E-state index in [0.29, 0.717) is 4.88 Å². The molecule has 1 amide bonds. The van der Waals surface area contributed by atoms with E-state index in [0.717, 1.165) is 4.80 Å². The van der Waals surface area contributed by atoms with Crippen LogP contribution in [0, 0.1) is 0 Å². The fourth-order valence-electron chi connectivity index (χ4n) is 1.14. The van der Waals surface area contributed by atoms with E-state index in [4.69, 9.17) is 5.11 Å². The van der Waals surface area contributed by atoms with Crippen molar-refractivity contribution >= 4 is 29.0 Å². The lowest BCUT2D eigenvalue weighted by molar-refractivity contribution is -0.138. The van der Waals surface area contributed by atoms with Crippen LogP contribution in [-0.4, -0.2) is 32.0 Å². The number of hydrogen-bond acceptors (Lipinski definition) is 5. The second-order valence-corrected chi connectivity index (χ2v) is 4.03. The Morgan fingerprint density at radius 2 is 2.35 bits per heavy atom. The first-order chi connectivity index (χ1) is 8.15. The minimum Gasteiger partial charge on any atom is -0.480 e. The summed E-state index contributed by atoms with van der Waals surface area (Å²) < 4.78 is 0. The zero-order valence-electron chi connectivity index (χ0n) is 8.53. The summed E-state index contributed by atoms with van der Waals surface area (Å²) in [5, 5.41) is 20.3. The molecule has 2 aromatic rings. The Morgan fingerprint density at radius 3 is 3.00 bits per heavy atom. The van der Waals surface area contributed by atoms with Crippen LogP contribution >= 0.6 is 11.3 Å². The van der Waals surface area contributed by atoms with Crippen LogP contribution in [0.3, 0.4) is 0 Å². The van der Waals surface area contributed by atoms with Gasteiger partial charge in [-0.05, 0) is 11.4 Å². The maximum Gasteiger partial charge on any atom is 0.327 e. The molecular formula is C9H8N4O3S. The average molecular weight is 252 g/mol. The quantitative estimate of drug-likeness (QED) is 0.833. The number of anilines is 1. The lowest BCUT2D eigenvalue weighted by Crippen LogP contribution is -2.13. The SMILES string of the molecule is O=C(O)Cn1ncc(NC(=O)c2cccs2)n1. The summed E-state index contributed by atoms with van der Waals surface area (Å²) in [6.07, 6.45) is 1.30. The number of aliphatic carboxylic acids is 1. The second kappa shape index (κ2) is 4.74. The molecule has 2 heterocycles. The zero-order valence-corrected chi connectivity index (χ0v) is 9.35. The Labute approximate surface area is 99.7 Å². The number of carbonyl (C=O) groups is 2. The molecule has 0 unspecified atom stereocenters. The molecule has 2 aromatic heterocycles. The lowest BCUT2D eigenvalue weighted by Gasteiger charge is -1.97. The number of nitrogens with zero attached hydrogens (tertiary/aromatic N) is 3. The number of carboxylic acid groups (broad SMARTS) is 1. The van der Waals surface area contributed by atoms with Gasteiger partial charge in [0.05, 0.1) is 11.1 Å². The van der Waals surface area contributed by atoms with Crippen LogP contribution in [0.1, 0.15) is 9.67 Å². The molecule has 0 fully saturated rings. The number of nitrogens with one attached hydrogen (secondary N) is 1. The van der Waals surface area contributed by atoms with E-state index in [-0.39, 0.29) is 18.3 Å². The average Bonchev–Trinajstić information content (AvgIpc) is 2.87. The van der Waals surface area contributed by atoms with Crippen LogP contribution < -0.4 is 5.32 Å². The summed E-state index contributed by atoms with van der Waals surface area (Å²) in [6, 6.07) is 3.45. The van der Waals surface area contributed by atoms with Crippen LogP contribution in [0.25, 0.3) is 0 Å². The summed E-state index contributed by atoms with van der Waals surface area (Å²) in [5.74, 6) is -1.11. The topological polar surface area (TPSA) is 97.1 Å². The molecule has 0 saturated heterocycles. The summed E-state index contributed by atoms with van der Waals surface area (Å²) in [7, 11) is 0. The van der Waals surface area contributed by atoms with Gasteiger partial charge in [0.2, 0.25) is 0 Å². The van der Waals surface area contributed by atoms with Crippen LogP contribution in [0.4, 0.5) is 5.82 Å². The summed E-state index contributed by atoms with van der Waals surface area (Å²) >= 11 is 1.31. The molecule has 17 heavy (non-hydrogen) atoms. The standard InChI is InChI=1S/C9H8N4O3S/c14-8(15)5-13-10-4-7(12-13)11-9(16)6-2-1-3-17-6/h1-4H,5H2,(H,14,15)(H,11,12,16). The number of rotatable bonds is 4. The van der Waals surface area contributed by atoms with Crippen molar-refractivity contribution in [1.29, 1.82) is 0 Å². The lowest BCUT2D eigenvalue weighted by atomic mass is 10.4. The van der Waals surface area contributed by atoms with Gasteiger partial charge in [-0.1, -0.05) is 6.07 Å². The van der Waals surface area contributed by atoms with Crippen LogP contribution in [-0.2, 0) is 11.3 Å². The maximum absolute atomic E-state index is 11.6. The summed E-state index contributed by atoms with van der Waals surface area (Å²) in [5.41, 5.74) is 0. The molecule has 0 aromatic carbocycles. The fourth-order valence-corrected chi connectivity index (χ4v) is 1.76. The highest BCUT2D eigenvalue weighted by Crippen LogP contribution is 2.10. The van der Waals surface area contributed by atoms with Gasteiger partial charge in [-0.25, -0.2) is 0 Å². The number of aromatic nitrogens is 3. The number of hydrogen-bond donors (Lipinski definition) is 2. The first-order valence-electron chi connectivity index (χ1n) is 4.62. The summed E-state index contributed by atoms with van der Waals surface area (Å²) in [4.78, 5) is 23.6. The molecule has 7 nitrogen and oxygen atoms in total. The van der Waals surface area contributed by atoms with Gasteiger partial charge in [-0.2, -0.15) is 9.90 Å². The van der Waals surface area contributed by atoms with Gasteiger partial charge in [0.15, 0.2) is 12.4 Å². The van der Waals surface area contributed by atoms with Gasteiger partial charge in [-0.15, -0.1) is 16.4 Å². The Morgan fingerprint density at radius 1 is 1.53 bits per heavy atom. The fraction of sp³-hybridized carbons (Fsp3) is 0.111. The molecule has 0 radical (unpaired) electrons. The maximum atomic E-state index is 11.6. The van der Waals surface area contributed by atoms with E-state index in [1.807, 2.05) is 0 Å². The third-order valence-electron chi connectivity index (χ3n) is 1.80. The van der Waals surface area contributed by atoms with E-state index >= 15 is 0 Å². The predicted octanol–water partition coefficient (Wildman–Crippen LogP) is 0.676. The molecule has 0 bridgehead atoms. The highest BCUT2D eigenvalue weighted by Gasteiger charge is 2.10. The largest absolute Gasteiger partial charge is 0.480 e. The van der Waals surface area contributed by atoms with E-state index in [2.05, 4.69) is 15.5 Å². The van der Waals surface area contributed by atoms with Crippen molar-refractivity contribution in [3.05, 3.63) is 28.6 Å². The second-order valence-electron chi connectivity index (χ2n) is 3.09. The van der Waals surface area contributed by atoms with Gasteiger partial charge in [0, 0.05) is 0 Å². The molecule has 0 aliphatic rings. The van der Waals surface area contributed by atoms with Crippen LogP contribution in [0.5, 0.6) is 0 Å². The Bertz CT molecular complexity index is 534. The minimum absolute atomic E-state index is 0.227. The first kappa shape index (κ1) is 11.3. The summed E-state index contributed by atoms with van der Waals surface area (Å²) in [6.45, 7) is -0.338. The molecule has 2 rings (SSSR count). The van der Waals surface area contributed by atoms with E-state index < -0.39 is 5.97 Å². The van der Waals surface area contributed by atoms with Crippen LogP contribution in [0.15, 0.2) is 23.7 Å². The smallest absolute Gasteiger partial charge is 0.327 e. The van der Waals surface area contributed by atoms with Gasteiger partial charge < -0.3 is 10.4 Å². The normalized spacial score (nSPS) is 10.1. The molecule has 8 heteroatoms. The third kappa shape index (κ3) is 2.88. The molecule has 0 aliphatic heterocycles. The molecule has 0 spiro atoms. The van der Waals surface area contributed by atoms with Crippen molar-refractivity contribution < 1.29 is 14.7 Å². The van der Waals surface area contributed by atoms with E-state index in [1.54, 1.807) is 17.5 Å². The Hall–Kier alpha value is -2.22. The van der Waals surface area contributed by atoms with Gasteiger partial charge >= 0.3 is 5.97 Å². The monoisotopic (exact) mass is 252 g/mol. The predicted molar refractivity (Wildman–Crippen MR) is 59.9 cm³/mol. The van der Waals surface area contributed by atoms with E-state index in [9.17, 15) is 9.59 Å². The minimum atomic E-state index is -1.04. The molecule has 2 N–H and O–H groups in total. The van der Waals surface area contributed by atoms with Crippen molar-refractivity contribution in [2.75, 3.05) is 5.32 Å². The number of carboxylic acids is 1. The number of amides is 1. The number of carbonyl (C=O) groups excluding carboxylic acids is 1. The molecular weight excluding hydrogens is 244 g/mol. The highest BCUT2D eigenvalue weighted by atomic mass is 32.1. The molecule has 0 saturated carbocycles. The molecule has 0 aliphatic carbocycles.